The second-order valence-corrected chi connectivity index (χ2v) is 4.77. The van der Waals surface area contributed by atoms with Crippen LogP contribution in [0.4, 0.5) is 4.39 Å². The summed E-state index contributed by atoms with van der Waals surface area (Å²) in [6.45, 7) is 4.01. The third kappa shape index (κ3) is 2.47. The van der Waals surface area contributed by atoms with E-state index in [4.69, 9.17) is 4.74 Å². The first-order valence-corrected chi connectivity index (χ1v) is 6.82. The van der Waals surface area contributed by atoms with Gasteiger partial charge in [-0.1, -0.05) is 6.92 Å². The Morgan fingerprint density at radius 2 is 2.16 bits per heavy atom. The first-order chi connectivity index (χ1) is 9.10. The van der Waals surface area contributed by atoms with E-state index >= 15 is 0 Å². The van der Waals surface area contributed by atoms with Crippen LogP contribution in [0.1, 0.15) is 29.8 Å². The van der Waals surface area contributed by atoms with Gasteiger partial charge in [0, 0.05) is 11.6 Å². The summed E-state index contributed by atoms with van der Waals surface area (Å²) in [5.41, 5.74) is 1.78. The Kier molecular flexibility index (Phi) is 4.14. The van der Waals surface area contributed by atoms with Crippen molar-refractivity contribution >= 4 is 32.8 Å². The Balaban J connectivity index is 2.70. The molecule has 3 nitrogen and oxygen atoms in total. The van der Waals surface area contributed by atoms with Crippen molar-refractivity contribution in [3.05, 3.63) is 39.7 Å². The van der Waals surface area contributed by atoms with Crippen molar-refractivity contribution in [1.29, 1.82) is 0 Å². The molecule has 0 aliphatic heterocycles. The number of carbonyl (C=O) groups is 1. The van der Waals surface area contributed by atoms with E-state index < -0.39 is 5.97 Å². The van der Waals surface area contributed by atoms with E-state index in [1.165, 1.54) is 12.3 Å². The second-order valence-electron chi connectivity index (χ2n) is 3.98. The minimum Gasteiger partial charge on any atom is -0.462 e. The molecule has 2 rings (SSSR count). The van der Waals surface area contributed by atoms with Crippen LogP contribution in [0.2, 0.25) is 0 Å². The van der Waals surface area contributed by atoms with Crippen LogP contribution in [-0.2, 0) is 11.2 Å². The summed E-state index contributed by atoms with van der Waals surface area (Å²) in [7, 11) is 0. The smallest absolute Gasteiger partial charge is 0.339 e. The fourth-order valence-corrected chi connectivity index (χ4v) is 2.48. The number of halogens is 2. The van der Waals surface area contributed by atoms with Crippen LogP contribution in [0.25, 0.3) is 10.9 Å². The van der Waals surface area contributed by atoms with E-state index in [1.54, 1.807) is 13.0 Å². The van der Waals surface area contributed by atoms with Gasteiger partial charge in [-0.3, -0.25) is 4.98 Å². The zero-order chi connectivity index (χ0) is 14.0. The van der Waals surface area contributed by atoms with Gasteiger partial charge in [0.15, 0.2) is 0 Å². The van der Waals surface area contributed by atoms with Crippen LogP contribution in [0.15, 0.2) is 22.8 Å². The predicted molar refractivity (Wildman–Crippen MR) is 74.7 cm³/mol. The summed E-state index contributed by atoms with van der Waals surface area (Å²) < 4.78 is 18.8. The Labute approximate surface area is 118 Å². The molecular weight excluding hydrogens is 313 g/mol. The summed E-state index contributed by atoms with van der Waals surface area (Å²) in [4.78, 5) is 16.0. The summed E-state index contributed by atoms with van der Waals surface area (Å²) in [5.74, 6) is -0.764. The number of aryl methyl sites for hydroxylation is 1. The number of pyridine rings is 1. The number of carbonyl (C=O) groups excluding carboxylic acids is 1. The Bertz CT molecular complexity index is 643. The van der Waals surface area contributed by atoms with Crippen LogP contribution < -0.4 is 0 Å². The van der Waals surface area contributed by atoms with Crippen LogP contribution in [0.5, 0.6) is 0 Å². The van der Waals surface area contributed by atoms with Gasteiger partial charge in [-0.15, -0.1) is 0 Å². The van der Waals surface area contributed by atoms with Crippen molar-refractivity contribution in [2.75, 3.05) is 6.61 Å². The maximum absolute atomic E-state index is 13.5. The standard InChI is InChI=1S/C14H13BrFNO2/c1-3-8-9-5-6-11(16)12(15)13(9)17-7-10(8)14(18)19-4-2/h5-7H,3-4H2,1-2H3. The lowest BCUT2D eigenvalue weighted by atomic mass is 10.0. The van der Waals surface area contributed by atoms with Gasteiger partial charge in [0.25, 0.3) is 0 Å². The van der Waals surface area contributed by atoms with Gasteiger partial charge in [-0.05, 0) is 47.0 Å². The zero-order valence-corrected chi connectivity index (χ0v) is 12.3. The second kappa shape index (κ2) is 5.65. The lowest BCUT2D eigenvalue weighted by Crippen LogP contribution is -2.09. The molecular formula is C14H13BrFNO2. The maximum atomic E-state index is 13.5. The van der Waals surface area contributed by atoms with Crippen LogP contribution in [0, 0.1) is 5.82 Å². The minimum absolute atomic E-state index is 0.313. The van der Waals surface area contributed by atoms with E-state index in [-0.39, 0.29) is 5.82 Å². The molecule has 0 radical (unpaired) electrons. The van der Waals surface area contributed by atoms with Crippen LogP contribution in [-0.4, -0.2) is 17.6 Å². The molecule has 0 N–H and O–H groups in total. The van der Waals surface area contributed by atoms with Gasteiger partial charge in [-0.25, -0.2) is 9.18 Å². The molecule has 0 saturated heterocycles. The van der Waals surface area contributed by atoms with Crippen molar-refractivity contribution < 1.29 is 13.9 Å². The van der Waals surface area contributed by atoms with E-state index in [1.807, 2.05) is 6.92 Å². The third-order valence-corrected chi connectivity index (χ3v) is 3.65. The molecule has 0 aliphatic rings. The molecule has 1 aromatic heterocycles. The van der Waals surface area contributed by atoms with Crippen molar-refractivity contribution in [3.8, 4) is 0 Å². The summed E-state index contributed by atoms with van der Waals surface area (Å²) >= 11 is 3.18. The SMILES string of the molecule is CCOC(=O)c1cnc2c(Br)c(F)ccc2c1CC. The molecule has 1 heterocycles. The number of rotatable bonds is 3. The average molecular weight is 326 g/mol. The lowest BCUT2D eigenvalue weighted by molar-refractivity contribution is 0.0525. The highest BCUT2D eigenvalue weighted by molar-refractivity contribution is 9.10. The fraction of sp³-hybridized carbons (Fsp3) is 0.286. The number of hydrogen-bond acceptors (Lipinski definition) is 3. The molecule has 0 fully saturated rings. The monoisotopic (exact) mass is 325 g/mol. The highest BCUT2D eigenvalue weighted by atomic mass is 79.9. The molecule has 0 amide bonds. The van der Waals surface area contributed by atoms with Gasteiger partial charge < -0.3 is 4.74 Å². The Morgan fingerprint density at radius 3 is 2.79 bits per heavy atom. The maximum Gasteiger partial charge on any atom is 0.339 e. The van der Waals surface area contributed by atoms with E-state index in [2.05, 4.69) is 20.9 Å². The van der Waals surface area contributed by atoms with Crippen molar-refractivity contribution in [3.63, 3.8) is 0 Å². The number of fused-ring (bicyclic) bond motifs is 1. The van der Waals surface area contributed by atoms with Gasteiger partial charge in [-0.2, -0.15) is 0 Å². The topological polar surface area (TPSA) is 39.2 Å². The van der Waals surface area contributed by atoms with E-state index in [0.29, 0.717) is 28.6 Å². The first kappa shape index (κ1) is 13.9. The molecule has 0 bridgehead atoms. The van der Waals surface area contributed by atoms with Gasteiger partial charge in [0.2, 0.25) is 0 Å². The molecule has 19 heavy (non-hydrogen) atoms. The molecule has 0 unspecified atom stereocenters. The van der Waals surface area contributed by atoms with Gasteiger partial charge in [0.05, 0.1) is 22.2 Å². The highest BCUT2D eigenvalue weighted by Crippen LogP contribution is 2.29. The lowest BCUT2D eigenvalue weighted by Gasteiger charge is -2.11. The number of benzene rings is 1. The number of nitrogens with zero attached hydrogens (tertiary/aromatic N) is 1. The summed E-state index contributed by atoms with van der Waals surface area (Å²) in [6, 6.07) is 3.01. The molecule has 0 spiro atoms. The first-order valence-electron chi connectivity index (χ1n) is 6.02. The van der Waals surface area contributed by atoms with Crippen molar-refractivity contribution in [1.82, 2.24) is 4.98 Å². The Morgan fingerprint density at radius 1 is 1.42 bits per heavy atom. The fourth-order valence-electron chi connectivity index (χ4n) is 2.03. The molecule has 0 aliphatic carbocycles. The number of aromatic nitrogens is 1. The number of esters is 1. The highest BCUT2D eigenvalue weighted by Gasteiger charge is 2.17. The van der Waals surface area contributed by atoms with Crippen molar-refractivity contribution in [2.45, 2.75) is 20.3 Å². The van der Waals surface area contributed by atoms with Crippen molar-refractivity contribution in [2.24, 2.45) is 0 Å². The molecule has 1 aromatic carbocycles. The van der Waals surface area contributed by atoms with Crippen LogP contribution in [0.3, 0.4) is 0 Å². The van der Waals surface area contributed by atoms with E-state index in [9.17, 15) is 9.18 Å². The average Bonchev–Trinajstić information content (AvgIpc) is 2.41. The molecule has 0 atom stereocenters. The third-order valence-electron chi connectivity index (χ3n) is 2.89. The number of hydrogen-bond donors (Lipinski definition) is 0. The Hall–Kier alpha value is -1.49. The zero-order valence-electron chi connectivity index (χ0n) is 10.7. The minimum atomic E-state index is -0.394. The molecule has 100 valence electrons. The van der Waals surface area contributed by atoms with E-state index in [0.717, 1.165) is 10.9 Å². The quantitative estimate of drug-likeness (QED) is 0.804. The largest absolute Gasteiger partial charge is 0.462 e. The summed E-state index contributed by atoms with van der Waals surface area (Å²) in [5, 5.41) is 0.765. The number of ether oxygens (including phenoxy) is 1. The van der Waals surface area contributed by atoms with Crippen LogP contribution >= 0.6 is 15.9 Å². The van der Waals surface area contributed by atoms with Gasteiger partial charge in [0.1, 0.15) is 5.82 Å². The van der Waals surface area contributed by atoms with Gasteiger partial charge >= 0.3 is 5.97 Å². The normalized spacial score (nSPS) is 10.7. The molecule has 2 aromatic rings. The summed E-state index contributed by atoms with van der Waals surface area (Å²) in [6.07, 6.45) is 2.09. The molecule has 0 saturated carbocycles. The molecule has 5 heteroatoms. The predicted octanol–water partition coefficient (Wildman–Crippen LogP) is 3.88.